The number of carbonyl (C=O) groups excluding carboxylic acids is 1. The zero-order valence-corrected chi connectivity index (χ0v) is 15.4. The molecule has 1 heterocycles. The van der Waals surface area contributed by atoms with E-state index in [2.05, 4.69) is 26.2 Å². The zero-order chi connectivity index (χ0) is 18.4. The number of benzene rings is 1. The lowest BCUT2D eigenvalue weighted by atomic mass is 10.2. The lowest BCUT2D eigenvalue weighted by molar-refractivity contribution is -0.137. The van der Waals surface area contributed by atoms with Crippen LogP contribution in [0.5, 0.6) is 11.5 Å². The fourth-order valence-corrected chi connectivity index (χ4v) is 2.75. The highest BCUT2D eigenvalue weighted by Gasteiger charge is 2.16. The molecule has 2 aromatic rings. The molecule has 2 rings (SSSR count). The van der Waals surface area contributed by atoms with Crippen molar-refractivity contribution in [3.8, 4) is 11.5 Å². The molecule has 1 aromatic heterocycles. The number of methoxy groups -OCH3 is 1. The molecule has 1 amide bonds. The Morgan fingerprint density at radius 1 is 1.40 bits per heavy atom. The van der Waals surface area contributed by atoms with Crippen LogP contribution in [0.15, 0.2) is 29.0 Å². The van der Waals surface area contributed by atoms with Crippen LogP contribution in [-0.4, -0.2) is 40.3 Å². The number of hydrogen-bond donors (Lipinski definition) is 2. The standard InChI is InChI=1S/C16H18BrN3O5/c1-3-25-15-11(17)6-10(7-12(15)24-2)16(23)19-8-13-18-4-5-20(13)9-14(21)22/h4-7H,3,8-9H2,1-2H3,(H,19,23)(H,21,22). The van der Waals surface area contributed by atoms with Gasteiger partial charge in [-0.3, -0.25) is 9.59 Å². The van der Waals surface area contributed by atoms with Gasteiger partial charge in [-0.1, -0.05) is 0 Å². The van der Waals surface area contributed by atoms with Crippen molar-refractivity contribution in [2.24, 2.45) is 0 Å². The summed E-state index contributed by atoms with van der Waals surface area (Å²) in [5, 5.41) is 11.6. The first-order valence-corrected chi connectivity index (χ1v) is 8.25. The third kappa shape index (κ3) is 4.72. The quantitative estimate of drug-likeness (QED) is 0.688. The average Bonchev–Trinajstić information content (AvgIpc) is 3.00. The Bertz CT molecular complexity index is 775. The van der Waals surface area contributed by atoms with Gasteiger partial charge in [-0.15, -0.1) is 0 Å². The van der Waals surface area contributed by atoms with Crippen LogP contribution in [0.25, 0.3) is 0 Å². The number of amides is 1. The Kier molecular flexibility index (Phi) is 6.40. The van der Waals surface area contributed by atoms with Crippen molar-refractivity contribution in [1.82, 2.24) is 14.9 Å². The van der Waals surface area contributed by atoms with Gasteiger partial charge in [0.15, 0.2) is 11.5 Å². The van der Waals surface area contributed by atoms with Crippen molar-refractivity contribution >= 4 is 27.8 Å². The summed E-state index contributed by atoms with van der Waals surface area (Å²) in [5.41, 5.74) is 0.378. The van der Waals surface area contributed by atoms with E-state index in [0.717, 1.165) is 0 Å². The lowest BCUT2D eigenvalue weighted by Crippen LogP contribution is -2.25. The van der Waals surface area contributed by atoms with Crippen LogP contribution < -0.4 is 14.8 Å². The van der Waals surface area contributed by atoms with Crippen LogP contribution in [0.2, 0.25) is 0 Å². The maximum atomic E-state index is 12.4. The van der Waals surface area contributed by atoms with Gasteiger partial charge in [0.1, 0.15) is 12.4 Å². The third-order valence-electron chi connectivity index (χ3n) is 3.29. The Balaban J connectivity index is 2.12. The number of aromatic nitrogens is 2. The van der Waals surface area contributed by atoms with Gasteiger partial charge in [0.25, 0.3) is 5.91 Å². The van der Waals surface area contributed by atoms with E-state index < -0.39 is 5.97 Å². The number of carbonyl (C=O) groups is 2. The Morgan fingerprint density at radius 3 is 2.80 bits per heavy atom. The van der Waals surface area contributed by atoms with Crippen LogP contribution in [-0.2, 0) is 17.9 Å². The molecule has 8 nitrogen and oxygen atoms in total. The Hall–Kier alpha value is -2.55. The molecule has 25 heavy (non-hydrogen) atoms. The number of nitrogens with zero attached hydrogens (tertiary/aromatic N) is 2. The number of aliphatic carboxylic acids is 1. The second-order valence-electron chi connectivity index (χ2n) is 4.97. The molecule has 0 unspecified atom stereocenters. The molecule has 1 aromatic carbocycles. The minimum absolute atomic E-state index is 0.103. The minimum atomic E-state index is -0.981. The summed E-state index contributed by atoms with van der Waals surface area (Å²) in [6, 6.07) is 3.21. The molecule has 9 heteroatoms. The van der Waals surface area contributed by atoms with Crippen LogP contribution in [0, 0.1) is 0 Å². The molecule has 0 saturated heterocycles. The minimum Gasteiger partial charge on any atom is -0.493 e. The summed E-state index contributed by atoms with van der Waals surface area (Å²) in [6.45, 7) is 2.21. The predicted octanol–water partition coefficient (Wildman–Crippen LogP) is 2.07. The molecule has 0 aliphatic carbocycles. The number of rotatable bonds is 8. The van der Waals surface area contributed by atoms with Gasteiger partial charge in [0.2, 0.25) is 0 Å². The highest BCUT2D eigenvalue weighted by atomic mass is 79.9. The van der Waals surface area contributed by atoms with Gasteiger partial charge in [-0.2, -0.15) is 0 Å². The topological polar surface area (TPSA) is 103 Å². The van der Waals surface area contributed by atoms with E-state index in [-0.39, 0.29) is 19.0 Å². The van der Waals surface area contributed by atoms with E-state index in [9.17, 15) is 9.59 Å². The molecule has 0 spiro atoms. The van der Waals surface area contributed by atoms with Gasteiger partial charge in [0.05, 0.1) is 24.7 Å². The second-order valence-corrected chi connectivity index (χ2v) is 5.82. The van der Waals surface area contributed by atoms with Crippen LogP contribution in [0.4, 0.5) is 0 Å². The molecule has 0 bridgehead atoms. The molecule has 0 saturated carbocycles. The summed E-state index contributed by atoms with van der Waals surface area (Å²) in [5.74, 6) is 0.0951. The summed E-state index contributed by atoms with van der Waals surface area (Å²) in [4.78, 5) is 27.2. The van der Waals surface area contributed by atoms with Crippen LogP contribution >= 0.6 is 15.9 Å². The number of imidazole rings is 1. The number of carboxylic acids is 1. The molecular formula is C16H18BrN3O5. The van der Waals surface area contributed by atoms with E-state index in [4.69, 9.17) is 14.6 Å². The Morgan fingerprint density at radius 2 is 2.16 bits per heavy atom. The monoisotopic (exact) mass is 411 g/mol. The summed E-state index contributed by atoms with van der Waals surface area (Å²) >= 11 is 3.37. The van der Waals surface area contributed by atoms with Crippen molar-refractivity contribution < 1.29 is 24.2 Å². The van der Waals surface area contributed by atoms with Crippen molar-refractivity contribution in [3.63, 3.8) is 0 Å². The normalized spacial score (nSPS) is 10.4. The SMILES string of the molecule is CCOc1c(Br)cc(C(=O)NCc2nccn2CC(=O)O)cc1OC. The fourth-order valence-electron chi connectivity index (χ4n) is 2.19. The van der Waals surface area contributed by atoms with Gasteiger partial charge in [-0.25, -0.2) is 4.98 Å². The highest BCUT2D eigenvalue weighted by molar-refractivity contribution is 9.10. The zero-order valence-electron chi connectivity index (χ0n) is 13.8. The van der Waals surface area contributed by atoms with E-state index in [1.165, 1.54) is 17.9 Å². The predicted molar refractivity (Wildman–Crippen MR) is 92.9 cm³/mol. The summed E-state index contributed by atoms with van der Waals surface area (Å²) in [6.07, 6.45) is 3.03. The summed E-state index contributed by atoms with van der Waals surface area (Å²) < 4.78 is 12.8. The smallest absolute Gasteiger partial charge is 0.323 e. The third-order valence-corrected chi connectivity index (χ3v) is 3.88. The van der Waals surface area contributed by atoms with Crippen molar-refractivity contribution in [2.45, 2.75) is 20.0 Å². The van der Waals surface area contributed by atoms with Crippen molar-refractivity contribution in [1.29, 1.82) is 0 Å². The first-order valence-electron chi connectivity index (χ1n) is 7.46. The molecule has 0 radical (unpaired) electrons. The molecule has 0 fully saturated rings. The largest absolute Gasteiger partial charge is 0.493 e. The molecule has 134 valence electrons. The van der Waals surface area contributed by atoms with E-state index >= 15 is 0 Å². The van der Waals surface area contributed by atoms with E-state index in [1.807, 2.05) is 6.92 Å². The maximum Gasteiger partial charge on any atom is 0.323 e. The highest BCUT2D eigenvalue weighted by Crippen LogP contribution is 2.36. The second kappa shape index (κ2) is 8.52. The van der Waals surface area contributed by atoms with Gasteiger partial charge in [-0.05, 0) is 35.0 Å². The number of halogens is 1. The molecule has 0 aliphatic heterocycles. The van der Waals surface area contributed by atoms with E-state index in [1.54, 1.807) is 18.3 Å². The molecule has 0 aliphatic rings. The fraction of sp³-hybridized carbons (Fsp3) is 0.312. The van der Waals surface area contributed by atoms with Gasteiger partial charge < -0.3 is 24.5 Å². The van der Waals surface area contributed by atoms with Crippen LogP contribution in [0.3, 0.4) is 0 Å². The lowest BCUT2D eigenvalue weighted by Gasteiger charge is -2.13. The van der Waals surface area contributed by atoms with Gasteiger partial charge in [0, 0.05) is 18.0 Å². The summed E-state index contributed by atoms with van der Waals surface area (Å²) in [7, 11) is 1.49. The van der Waals surface area contributed by atoms with Gasteiger partial charge >= 0.3 is 5.97 Å². The Labute approximate surface area is 152 Å². The number of nitrogens with one attached hydrogen (secondary N) is 1. The van der Waals surface area contributed by atoms with Crippen molar-refractivity contribution in [3.05, 3.63) is 40.4 Å². The number of hydrogen-bond acceptors (Lipinski definition) is 5. The average molecular weight is 412 g/mol. The first kappa shape index (κ1) is 18.8. The number of ether oxygens (including phenoxy) is 2. The molecular weight excluding hydrogens is 394 g/mol. The van der Waals surface area contributed by atoms with Crippen LogP contribution in [0.1, 0.15) is 23.1 Å². The number of carboxylic acid groups (broad SMARTS) is 1. The van der Waals surface area contributed by atoms with E-state index in [0.29, 0.717) is 34.0 Å². The maximum absolute atomic E-state index is 12.4. The first-order chi connectivity index (χ1) is 12.0. The molecule has 2 N–H and O–H groups in total. The van der Waals surface area contributed by atoms with Crippen molar-refractivity contribution in [2.75, 3.05) is 13.7 Å². The molecule has 0 atom stereocenters.